The van der Waals surface area contributed by atoms with Gasteiger partial charge in [0.15, 0.2) is 0 Å². The fourth-order valence-corrected chi connectivity index (χ4v) is 1.87. The van der Waals surface area contributed by atoms with Crippen LogP contribution in [-0.4, -0.2) is 38.0 Å². The lowest BCUT2D eigenvalue weighted by Crippen LogP contribution is -2.34. The molecule has 1 amide bonds. The number of amides is 1. The third kappa shape index (κ3) is 6.11. The van der Waals surface area contributed by atoms with E-state index in [0.717, 1.165) is 38.8 Å². The Labute approximate surface area is 101 Å². The van der Waals surface area contributed by atoms with E-state index in [1.165, 1.54) is 6.42 Å². The third-order valence-corrected chi connectivity index (χ3v) is 3.04. The highest BCUT2D eigenvalue weighted by molar-refractivity contribution is 5.78. The van der Waals surface area contributed by atoms with Crippen molar-refractivity contribution >= 4 is 5.91 Å². The van der Waals surface area contributed by atoms with E-state index in [9.17, 15) is 4.79 Å². The monoisotopic (exact) mass is 228 g/mol. The van der Waals surface area contributed by atoms with Gasteiger partial charge in [-0.25, -0.2) is 0 Å². The molecular weight excluding hydrogens is 200 g/mol. The molecule has 0 aromatic carbocycles. The van der Waals surface area contributed by atoms with Crippen molar-refractivity contribution in [3.63, 3.8) is 0 Å². The molecule has 1 N–H and O–H groups in total. The fourth-order valence-electron chi connectivity index (χ4n) is 1.87. The molecule has 16 heavy (non-hydrogen) atoms. The maximum atomic E-state index is 12.1. The van der Waals surface area contributed by atoms with Gasteiger partial charge in [-0.05, 0) is 32.9 Å². The Bertz CT molecular complexity index is 183. The second kappa shape index (κ2) is 9.64. The van der Waals surface area contributed by atoms with E-state index in [1.54, 1.807) is 0 Å². The van der Waals surface area contributed by atoms with Crippen LogP contribution in [0.2, 0.25) is 0 Å². The van der Waals surface area contributed by atoms with Crippen molar-refractivity contribution in [1.29, 1.82) is 0 Å². The van der Waals surface area contributed by atoms with E-state index in [-0.39, 0.29) is 5.92 Å². The zero-order chi connectivity index (χ0) is 12.4. The molecule has 0 aliphatic rings. The van der Waals surface area contributed by atoms with Crippen LogP contribution < -0.4 is 5.32 Å². The summed E-state index contributed by atoms with van der Waals surface area (Å²) in [6.07, 6.45) is 5.38. The molecule has 0 fully saturated rings. The Morgan fingerprint density at radius 2 is 2.00 bits per heavy atom. The van der Waals surface area contributed by atoms with E-state index < -0.39 is 0 Å². The molecule has 3 heteroatoms. The van der Waals surface area contributed by atoms with Gasteiger partial charge in [0.25, 0.3) is 0 Å². The average Bonchev–Trinajstić information content (AvgIpc) is 2.30. The lowest BCUT2D eigenvalue weighted by atomic mass is 9.98. The average molecular weight is 228 g/mol. The van der Waals surface area contributed by atoms with E-state index in [2.05, 4.69) is 19.2 Å². The van der Waals surface area contributed by atoms with Gasteiger partial charge in [-0.15, -0.1) is 0 Å². The highest BCUT2D eigenvalue weighted by atomic mass is 16.2. The molecular formula is C13H28N2O. The largest absolute Gasteiger partial charge is 0.345 e. The molecule has 0 aliphatic heterocycles. The quantitative estimate of drug-likeness (QED) is 0.614. The van der Waals surface area contributed by atoms with Gasteiger partial charge in [-0.3, -0.25) is 4.79 Å². The summed E-state index contributed by atoms with van der Waals surface area (Å²) in [7, 11) is 3.87. The number of hydrogen-bond acceptors (Lipinski definition) is 2. The lowest BCUT2D eigenvalue weighted by Gasteiger charge is -2.23. The van der Waals surface area contributed by atoms with Crippen LogP contribution in [0.5, 0.6) is 0 Å². The van der Waals surface area contributed by atoms with Gasteiger partial charge in [0.2, 0.25) is 5.91 Å². The molecule has 0 saturated carbocycles. The second-order valence-corrected chi connectivity index (χ2v) is 4.46. The van der Waals surface area contributed by atoms with Gasteiger partial charge in [-0.2, -0.15) is 0 Å². The van der Waals surface area contributed by atoms with Crippen LogP contribution in [0.25, 0.3) is 0 Å². The Hall–Kier alpha value is -0.570. The summed E-state index contributed by atoms with van der Waals surface area (Å²) in [5.74, 6) is 0.562. The van der Waals surface area contributed by atoms with E-state index in [4.69, 9.17) is 0 Å². The summed E-state index contributed by atoms with van der Waals surface area (Å²) in [6.45, 7) is 6.12. The predicted octanol–water partition coefficient (Wildman–Crippen LogP) is 2.27. The zero-order valence-corrected chi connectivity index (χ0v) is 11.4. The van der Waals surface area contributed by atoms with Gasteiger partial charge in [0.05, 0.1) is 0 Å². The summed E-state index contributed by atoms with van der Waals surface area (Å²) >= 11 is 0. The van der Waals surface area contributed by atoms with Crippen LogP contribution in [0.15, 0.2) is 0 Å². The standard InChI is InChI=1S/C13H28N2O/c1-5-7-9-12(6-2)13(16)15(4)11-8-10-14-3/h12,14H,5-11H2,1-4H3. The fraction of sp³-hybridized carbons (Fsp3) is 0.923. The van der Waals surface area contributed by atoms with E-state index in [0.29, 0.717) is 5.91 Å². The van der Waals surface area contributed by atoms with Crippen molar-refractivity contribution in [2.24, 2.45) is 5.92 Å². The number of rotatable bonds is 9. The number of carbonyl (C=O) groups is 1. The molecule has 0 aromatic rings. The first kappa shape index (κ1) is 15.4. The third-order valence-electron chi connectivity index (χ3n) is 3.04. The first-order valence-electron chi connectivity index (χ1n) is 6.56. The Morgan fingerprint density at radius 1 is 1.31 bits per heavy atom. The topological polar surface area (TPSA) is 32.3 Å². The minimum atomic E-state index is 0.236. The van der Waals surface area contributed by atoms with Crippen molar-refractivity contribution in [1.82, 2.24) is 10.2 Å². The summed E-state index contributed by atoms with van der Waals surface area (Å²) < 4.78 is 0. The van der Waals surface area contributed by atoms with E-state index in [1.807, 2.05) is 19.0 Å². The van der Waals surface area contributed by atoms with Gasteiger partial charge >= 0.3 is 0 Å². The predicted molar refractivity (Wildman–Crippen MR) is 69.5 cm³/mol. The highest BCUT2D eigenvalue weighted by Gasteiger charge is 2.19. The van der Waals surface area contributed by atoms with Gasteiger partial charge in [0, 0.05) is 19.5 Å². The van der Waals surface area contributed by atoms with Crippen molar-refractivity contribution in [2.45, 2.75) is 46.0 Å². The first-order chi connectivity index (χ1) is 7.67. The van der Waals surface area contributed by atoms with Gasteiger partial charge < -0.3 is 10.2 Å². The molecule has 0 rings (SSSR count). The molecule has 0 aromatic heterocycles. The molecule has 0 heterocycles. The molecule has 0 saturated heterocycles. The number of unbranched alkanes of at least 4 members (excludes halogenated alkanes) is 1. The Kier molecular flexibility index (Phi) is 9.30. The normalized spacial score (nSPS) is 12.5. The van der Waals surface area contributed by atoms with Crippen LogP contribution in [0.1, 0.15) is 46.0 Å². The molecule has 0 spiro atoms. The SMILES string of the molecule is CCCCC(CC)C(=O)N(C)CCCNC. The number of nitrogens with zero attached hydrogens (tertiary/aromatic N) is 1. The summed E-state index contributed by atoms with van der Waals surface area (Å²) in [4.78, 5) is 14.0. The molecule has 0 aliphatic carbocycles. The summed E-state index contributed by atoms with van der Waals surface area (Å²) in [5, 5.41) is 3.10. The molecule has 3 nitrogen and oxygen atoms in total. The lowest BCUT2D eigenvalue weighted by molar-refractivity contribution is -0.134. The number of hydrogen-bond donors (Lipinski definition) is 1. The van der Waals surface area contributed by atoms with Crippen molar-refractivity contribution in [2.75, 3.05) is 27.2 Å². The summed E-state index contributed by atoms with van der Waals surface area (Å²) in [5.41, 5.74) is 0. The van der Waals surface area contributed by atoms with Gasteiger partial charge in [0.1, 0.15) is 0 Å². The van der Waals surface area contributed by atoms with Crippen molar-refractivity contribution < 1.29 is 4.79 Å². The molecule has 1 atom stereocenters. The first-order valence-corrected chi connectivity index (χ1v) is 6.56. The number of nitrogens with one attached hydrogen (secondary N) is 1. The van der Waals surface area contributed by atoms with Crippen LogP contribution >= 0.6 is 0 Å². The smallest absolute Gasteiger partial charge is 0.225 e. The molecule has 96 valence electrons. The maximum Gasteiger partial charge on any atom is 0.225 e. The molecule has 0 bridgehead atoms. The Morgan fingerprint density at radius 3 is 2.50 bits per heavy atom. The zero-order valence-electron chi connectivity index (χ0n) is 11.4. The van der Waals surface area contributed by atoms with Gasteiger partial charge in [-0.1, -0.05) is 26.7 Å². The maximum absolute atomic E-state index is 12.1. The minimum Gasteiger partial charge on any atom is -0.345 e. The Balaban J connectivity index is 3.95. The molecule has 1 unspecified atom stereocenters. The number of carbonyl (C=O) groups excluding carboxylic acids is 1. The van der Waals surface area contributed by atoms with Crippen molar-refractivity contribution in [3.8, 4) is 0 Å². The van der Waals surface area contributed by atoms with Crippen molar-refractivity contribution in [3.05, 3.63) is 0 Å². The van der Waals surface area contributed by atoms with Crippen LogP contribution in [0, 0.1) is 5.92 Å². The summed E-state index contributed by atoms with van der Waals surface area (Å²) in [6, 6.07) is 0. The van der Waals surface area contributed by atoms with Crippen LogP contribution in [0.4, 0.5) is 0 Å². The van der Waals surface area contributed by atoms with E-state index >= 15 is 0 Å². The second-order valence-electron chi connectivity index (χ2n) is 4.46. The van der Waals surface area contributed by atoms with Crippen LogP contribution in [-0.2, 0) is 4.79 Å². The van der Waals surface area contributed by atoms with Crippen LogP contribution in [0.3, 0.4) is 0 Å². The minimum absolute atomic E-state index is 0.236. The molecule has 0 radical (unpaired) electrons. The highest BCUT2D eigenvalue weighted by Crippen LogP contribution is 2.15.